The third kappa shape index (κ3) is 2.23. The van der Waals surface area contributed by atoms with E-state index < -0.39 is 0 Å². The van der Waals surface area contributed by atoms with Crippen LogP contribution in [0.5, 0.6) is 5.75 Å². The smallest absolute Gasteiger partial charge is 0.262 e. The van der Waals surface area contributed by atoms with Crippen molar-refractivity contribution in [1.29, 1.82) is 0 Å². The van der Waals surface area contributed by atoms with Crippen molar-refractivity contribution < 1.29 is 9.26 Å². The Labute approximate surface area is 115 Å². The summed E-state index contributed by atoms with van der Waals surface area (Å²) < 4.78 is 10.5. The minimum absolute atomic E-state index is 0.353. The van der Waals surface area contributed by atoms with E-state index in [2.05, 4.69) is 20.1 Å². The van der Waals surface area contributed by atoms with Crippen LogP contribution in [-0.4, -0.2) is 27.2 Å². The van der Waals surface area contributed by atoms with Crippen molar-refractivity contribution in [2.45, 2.75) is 6.92 Å². The Bertz CT molecular complexity index is 722. The minimum Gasteiger partial charge on any atom is -0.496 e. The van der Waals surface area contributed by atoms with Gasteiger partial charge >= 0.3 is 0 Å². The molecule has 20 heavy (non-hydrogen) atoms. The van der Waals surface area contributed by atoms with Gasteiger partial charge in [-0.3, -0.25) is 0 Å². The Kier molecular flexibility index (Phi) is 3.12. The van der Waals surface area contributed by atoms with Gasteiger partial charge in [0.25, 0.3) is 5.89 Å². The molecule has 0 N–H and O–H groups in total. The molecule has 0 fully saturated rings. The molecule has 3 rings (SSSR count). The highest BCUT2D eigenvalue weighted by Gasteiger charge is 2.15. The maximum absolute atomic E-state index is 5.27. The molecule has 0 saturated heterocycles. The number of aromatic nitrogens is 4. The summed E-state index contributed by atoms with van der Waals surface area (Å²) in [6.45, 7) is 1.92. The molecule has 0 amide bonds. The van der Waals surface area contributed by atoms with E-state index >= 15 is 0 Å². The maximum Gasteiger partial charge on any atom is 0.262 e. The predicted molar refractivity (Wildman–Crippen MR) is 72.0 cm³/mol. The van der Waals surface area contributed by atoms with Crippen molar-refractivity contribution in [2.24, 2.45) is 0 Å². The average molecular weight is 268 g/mol. The van der Waals surface area contributed by atoms with Crippen molar-refractivity contribution in [1.82, 2.24) is 20.1 Å². The Morgan fingerprint density at radius 1 is 1.05 bits per heavy atom. The van der Waals surface area contributed by atoms with E-state index in [4.69, 9.17) is 9.26 Å². The van der Waals surface area contributed by atoms with Gasteiger partial charge in [0.05, 0.1) is 12.7 Å². The number of methoxy groups -OCH3 is 1. The molecule has 6 nitrogen and oxygen atoms in total. The highest BCUT2D eigenvalue weighted by molar-refractivity contribution is 5.63. The van der Waals surface area contributed by atoms with Gasteiger partial charge in [0.15, 0.2) is 0 Å². The van der Waals surface area contributed by atoms with Crippen LogP contribution in [0, 0.1) is 6.92 Å². The van der Waals surface area contributed by atoms with E-state index in [1.54, 1.807) is 19.5 Å². The van der Waals surface area contributed by atoms with E-state index in [9.17, 15) is 0 Å². The van der Waals surface area contributed by atoms with Crippen LogP contribution in [0.4, 0.5) is 0 Å². The molecular formula is C14H12N4O2. The molecule has 2 heterocycles. The number of benzene rings is 1. The lowest BCUT2D eigenvalue weighted by atomic mass is 10.2. The lowest BCUT2D eigenvalue weighted by Gasteiger charge is -2.02. The Morgan fingerprint density at radius 2 is 1.80 bits per heavy atom. The summed E-state index contributed by atoms with van der Waals surface area (Å²) in [6, 6.07) is 7.44. The lowest BCUT2D eigenvalue weighted by Crippen LogP contribution is -1.91. The first kappa shape index (κ1) is 12.3. The summed E-state index contributed by atoms with van der Waals surface area (Å²) in [4.78, 5) is 12.6. The fraction of sp³-hybridized carbons (Fsp3) is 0.143. The molecule has 0 spiro atoms. The molecule has 1 aromatic carbocycles. The lowest BCUT2D eigenvalue weighted by molar-refractivity contribution is 0.405. The highest BCUT2D eigenvalue weighted by atomic mass is 16.5. The molecule has 0 saturated carbocycles. The molecular weight excluding hydrogens is 256 g/mol. The number of rotatable bonds is 3. The topological polar surface area (TPSA) is 73.9 Å². The Balaban J connectivity index is 2.00. The zero-order valence-corrected chi connectivity index (χ0v) is 11.1. The molecule has 3 aromatic rings. The SMILES string of the molecule is COc1ccccc1-c1nc(-c2ncc(C)cn2)no1. The maximum atomic E-state index is 5.27. The number of nitrogens with zero attached hydrogens (tertiary/aromatic N) is 4. The summed E-state index contributed by atoms with van der Waals surface area (Å²) in [5.41, 5.74) is 1.71. The third-order valence-corrected chi connectivity index (χ3v) is 2.74. The Hall–Kier alpha value is -2.76. The summed E-state index contributed by atoms with van der Waals surface area (Å²) in [6.07, 6.45) is 3.42. The molecule has 0 aliphatic heterocycles. The monoisotopic (exact) mass is 268 g/mol. The van der Waals surface area contributed by atoms with Crippen LogP contribution in [0.15, 0.2) is 41.2 Å². The molecule has 100 valence electrons. The molecule has 0 aliphatic rings. The van der Waals surface area contributed by atoms with E-state index in [-0.39, 0.29) is 0 Å². The first-order valence-corrected chi connectivity index (χ1v) is 6.04. The van der Waals surface area contributed by atoms with Crippen LogP contribution in [0.2, 0.25) is 0 Å². The molecule has 0 bridgehead atoms. The van der Waals surface area contributed by atoms with Gasteiger partial charge in [-0.2, -0.15) is 4.98 Å². The number of aryl methyl sites for hydroxylation is 1. The predicted octanol–water partition coefficient (Wildman–Crippen LogP) is 2.51. The summed E-state index contributed by atoms with van der Waals surface area (Å²) in [5.74, 6) is 1.83. The van der Waals surface area contributed by atoms with Gasteiger partial charge in [-0.05, 0) is 24.6 Å². The number of ether oxygens (including phenoxy) is 1. The van der Waals surface area contributed by atoms with Crippen molar-refractivity contribution in [3.63, 3.8) is 0 Å². The molecule has 0 atom stereocenters. The van der Waals surface area contributed by atoms with Gasteiger partial charge in [-0.25, -0.2) is 9.97 Å². The van der Waals surface area contributed by atoms with Crippen LogP contribution >= 0.6 is 0 Å². The van der Waals surface area contributed by atoms with E-state index in [0.717, 1.165) is 11.1 Å². The zero-order chi connectivity index (χ0) is 13.9. The first-order chi connectivity index (χ1) is 9.78. The zero-order valence-electron chi connectivity index (χ0n) is 11.1. The van der Waals surface area contributed by atoms with Gasteiger partial charge < -0.3 is 9.26 Å². The second-order valence-electron chi connectivity index (χ2n) is 4.21. The highest BCUT2D eigenvalue weighted by Crippen LogP contribution is 2.29. The van der Waals surface area contributed by atoms with Crippen molar-refractivity contribution in [2.75, 3.05) is 7.11 Å². The normalized spacial score (nSPS) is 10.5. The van der Waals surface area contributed by atoms with E-state index in [1.807, 2.05) is 31.2 Å². The number of hydrogen-bond acceptors (Lipinski definition) is 6. The fourth-order valence-corrected chi connectivity index (χ4v) is 1.75. The van der Waals surface area contributed by atoms with Crippen LogP contribution in [0.25, 0.3) is 23.1 Å². The first-order valence-electron chi connectivity index (χ1n) is 6.04. The van der Waals surface area contributed by atoms with Gasteiger partial charge in [0.1, 0.15) is 5.75 Å². The molecule has 0 aliphatic carbocycles. The van der Waals surface area contributed by atoms with Crippen LogP contribution in [0.3, 0.4) is 0 Å². The van der Waals surface area contributed by atoms with Crippen LogP contribution < -0.4 is 4.74 Å². The van der Waals surface area contributed by atoms with Gasteiger partial charge in [-0.1, -0.05) is 17.3 Å². The largest absolute Gasteiger partial charge is 0.496 e. The van der Waals surface area contributed by atoms with Crippen molar-refractivity contribution in [3.8, 4) is 28.9 Å². The van der Waals surface area contributed by atoms with E-state index in [0.29, 0.717) is 23.3 Å². The second-order valence-corrected chi connectivity index (χ2v) is 4.21. The van der Waals surface area contributed by atoms with Gasteiger partial charge in [-0.15, -0.1) is 0 Å². The van der Waals surface area contributed by atoms with Crippen LogP contribution in [-0.2, 0) is 0 Å². The van der Waals surface area contributed by atoms with E-state index in [1.165, 1.54) is 0 Å². The Morgan fingerprint density at radius 3 is 2.55 bits per heavy atom. The van der Waals surface area contributed by atoms with Crippen molar-refractivity contribution in [3.05, 3.63) is 42.2 Å². The fourth-order valence-electron chi connectivity index (χ4n) is 1.75. The summed E-state index contributed by atoms with van der Waals surface area (Å²) in [5, 5.41) is 3.90. The second kappa shape index (κ2) is 5.08. The summed E-state index contributed by atoms with van der Waals surface area (Å²) in [7, 11) is 1.60. The van der Waals surface area contributed by atoms with Gasteiger partial charge in [0.2, 0.25) is 11.6 Å². The third-order valence-electron chi connectivity index (χ3n) is 2.74. The van der Waals surface area contributed by atoms with Crippen LogP contribution in [0.1, 0.15) is 5.56 Å². The molecule has 2 aromatic heterocycles. The molecule has 0 unspecified atom stereocenters. The number of para-hydroxylation sites is 1. The molecule has 0 radical (unpaired) electrons. The van der Waals surface area contributed by atoms with Gasteiger partial charge in [0, 0.05) is 12.4 Å². The average Bonchev–Trinajstić information content (AvgIpc) is 2.97. The quantitative estimate of drug-likeness (QED) is 0.726. The summed E-state index contributed by atoms with van der Waals surface area (Å²) >= 11 is 0. The standard InChI is InChI=1S/C14H12N4O2/c1-9-7-15-12(16-8-9)13-17-14(20-18-13)10-5-3-4-6-11(10)19-2/h3-8H,1-2H3. The minimum atomic E-state index is 0.353. The number of hydrogen-bond donors (Lipinski definition) is 0. The molecule has 6 heteroatoms. The van der Waals surface area contributed by atoms with Crippen molar-refractivity contribution >= 4 is 0 Å².